The van der Waals surface area contributed by atoms with Crippen LogP contribution in [0.3, 0.4) is 0 Å². The Hall–Kier alpha value is -2.66. The monoisotopic (exact) mass is 527 g/mol. The lowest BCUT2D eigenvalue weighted by atomic mass is 10.1. The summed E-state index contributed by atoms with van der Waals surface area (Å²) in [6.07, 6.45) is 3.05. The van der Waals surface area contributed by atoms with Crippen molar-refractivity contribution in [2.45, 2.75) is 58.5 Å². The second-order valence-electron chi connectivity index (χ2n) is 7.74. The van der Waals surface area contributed by atoms with Crippen LogP contribution in [-0.2, 0) is 10.9 Å². The molecule has 3 aromatic rings. The third-order valence-corrected chi connectivity index (χ3v) is 6.75. The number of nitrogens with zero attached hydrogens (tertiary/aromatic N) is 2. The van der Waals surface area contributed by atoms with Crippen LogP contribution < -0.4 is 10.1 Å². The minimum absolute atomic E-state index is 0.175. The molecule has 0 spiro atoms. The summed E-state index contributed by atoms with van der Waals surface area (Å²) in [6.45, 7) is 4.37. The first-order valence-corrected chi connectivity index (χ1v) is 13.2. The molecule has 0 fully saturated rings. The predicted octanol–water partition coefficient (Wildman–Crippen LogP) is 7.95. The molecule has 2 heterocycles. The number of alkyl halides is 3. The molecule has 190 valence electrons. The molecule has 0 atom stereocenters. The van der Waals surface area contributed by atoms with Crippen molar-refractivity contribution >= 4 is 39.5 Å². The fourth-order valence-corrected chi connectivity index (χ4v) is 4.82. The molecule has 0 unspecified atom stereocenters. The lowest BCUT2D eigenvalue weighted by molar-refractivity contribution is -0.138. The van der Waals surface area contributed by atoms with Crippen LogP contribution in [0.25, 0.3) is 10.7 Å². The number of nitrogens with one attached hydrogen (secondary N) is 1. The molecule has 6 nitrogen and oxygen atoms in total. The van der Waals surface area contributed by atoms with Gasteiger partial charge >= 0.3 is 12.1 Å². The molecular formula is C24H28F3N3O3S2. The number of thiazole rings is 2. The Morgan fingerprint density at radius 3 is 2.63 bits per heavy atom. The lowest BCUT2D eigenvalue weighted by Gasteiger charge is -2.15. The Labute approximate surface area is 210 Å². The highest BCUT2D eigenvalue weighted by Crippen LogP contribution is 2.39. The summed E-state index contributed by atoms with van der Waals surface area (Å²) >= 11 is 2.37. The highest BCUT2D eigenvalue weighted by molar-refractivity contribution is 7.17. The zero-order valence-electron chi connectivity index (χ0n) is 19.6. The first kappa shape index (κ1) is 26.9. The van der Waals surface area contributed by atoms with Gasteiger partial charge in [0, 0.05) is 11.1 Å². The third-order valence-electron chi connectivity index (χ3n) is 5.00. The van der Waals surface area contributed by atoms with Crippen molar-refractivity contribution < 1.29 is 27.4 Å². The molecular weight excluding hydrogens is 499 g/mol. The van der Waals surface area contributed by atoms with Crippen LogP contribution in [0.2, 0.25) is 0 Å². The minimum atomic E-state index is -4.55. The maximum absolute atomic E-state index is 13.7. The van der Waals surface area contributed by atoms with E-state index < -0.39 is 17.7 Å². The van der Waals surface area contributed by atoms with Gasteiger partial charge in [-0.1, -0.05) is 39.0 Å². The molecule has 0 aliphatic carbocycles. The van der Waals surface area contributed by atoms with Crippen molar-refractivity contribution in [2.75, 3.05) is 18.5 Å². The van der Waals surface area contributed by atoms with Crippen LogP contribution in [0.15, 0.2) is 29.8 Å². The SMILES string of the molecule is CCCCCCCCOc1ccc(Nc2nc(-c3ncc(C(=O)OCC)s3)cs2)cc1C(F)(F)F. The van der Waals surface area contributed by atoms with E-state index in [2.05, 4.69) is 22.2 Å². The van der Waals surface area contributed by atoms with Crippen LogP contribution in [0.5, 0.6) is 5.75 Å². The van der Waals surface area contributed by atoms with Crippen molar-refractivity contribution in [3.63, 3.8) is 0 Å². The van der Waals surface area contributed by atoms with E-state index in [0.29, 0.717) is 20.7 Å². The van der Waals surface area contributed by atoms with E-state index in [-0.39, 0.29) is 24.7 Å². The van der Waals surface area contributed by atoms with E-state index in [1.165, 1.54) is 36.1 Å². The van der Waals surface area contributed by atoms with E-state index in [1.807, 2.05) is 0 Å². The summed E-state index contributed by atoms with van der Waals surface area (Å²) in [5, 5.41) is 5.56. The van der Waals surface area contributed by atoms with Gasteiger partial charge in [0.2, 0.25) is 0 Å². The molecule has 0 aliphatic heterocycles. The normalized spacial score (nSPS) is 11.5. The standard InChI is InChI=1S/C24H28F3N3O3S2/c1-3-5-6-7-8-9-12-33-19-11-10-16(13-17(19)24(25,26)27)29-23-30-18(15-34-23)21-28-14-20(35-21)22(31)32-4-2/h10-11,13-15H,3-9,12H2,1-2H3,(H,29,30). The summed E-state index contributed by atoms with van der Waals surface area (Å²) in [5.74, 6) is -0.631. The van der Waals surface area contributed by atoms with Gasteiger partial charge in [0.05, 0.1) is 25.0 Å². The number of carbonyl (C=O) groups excluding carboxylic acids is 1. The average Bonchev–Trinajstić information content (AvgIpc) is 3.48. The molecule has 3 rings (SSSR count). The fourth-order valence-electron chi connectivity index (χ4n) is 3.26. The second kappa shape index (κ2) is 12.9. The quantitative estimate of drug-likeness (QED) is 0.180. The maximum atomic E-state index is 13.7. The average molecular weight is 528 g/mol. The number of carbonyl (C=O) groups is 1. The molecule has 0 aliphatic rings. The largest absolute Gasteiger partial charge is 0.493 e. The number of ether oxygens (including phenoxy) is 2. The van der Waals surface area contributed by atoms with E-state index >= 15 is 0 Å². The van der Waals surface area contributed by atoms with Crippen LogP contribution in [-0.4, -0.2) is 29.2 Å². The molecule has 11 heteroatoms. The highest BCUT2D eigenvalue weighted by Gasteiger charge is 2.34. The molecule has 0 saturated heterocycles. The number of halogens is 3. The van der Waals surface area contributed by atoms with Gasteiger partial charge in [0.1, 0.15) is 21.3 Å². The molecule has 0 saturated carbocycles. The number of hydrogen-bond donors (Lipinski definition) is 1. The molecule has 1 N–H and O–H groups in total. The fraction of sp³-hybridized carbons (Fsp3) is 0.458. The van der Waals surface area contributed by atoms with E-state index in [0.717, 1.165) is 49.5 Å². The summed E-state index contributed by atoms with van der Waals surface area (Å²) in [7, 11) is 0. The predicted molar refractivity (Wildman–Crippen MR) is 133 cm³/mol. The summed E-state index contributed by atoms with van der Waals surface area (Å²) in [5.41, 5.74) is -0.0614. The van der Waals surface area contributed by atoms with Gasteiger partial charge in [-0.05, 0) is 31.5 Å². The molecule has 0 amide bonds. The summed E-state index contributed by atoms with van der Waals surface area (Å²) < 4.78 is 51.4. The van der Waals surface area contributed by atoms with Crippen LogP contribution in [0, 0.1) is 0 Å². The molecule has 35 heavy (non-hydrogen) atoms. The van der Waals surface area contributed by atoms with Gasteiger partial charge in [-0.2, -0.15) is 13.2 Å². The Balaban J connectivity index is 1.64. The van der Waals surface area contributed by atoms with E-state index in [9.17, 15) is 18.0 Å². The minimum Gasteiger partial charge on any atom is -0.493 e. The number of esters is 1. The maximum Gasteiger partial charge on any atom is 0.420 e. The Kier molecular flexibility index (Phi) is 9.91. The zero-order valence-corrected chi connectivity index (χ0v) is 21.2. The summed E-state index contributed by atoms with van der Waals surface area (Å²) in [6, 6.07) is 3.90. The number of hydrogen-bond acceptors (Lipinski definition) is 8. The Morgan fingerprint density at radius 1 is 1.11 bits per heavy atom. The van der Waals surface area contributed by atoms with Crippen LogP contribution in [0.4, 0.5) is 24.0 Å². The zero-order chi connectivity index (χ0) is 25.3. The Bertz CT molecular complexity index is 1100. The van der Waals surface area contributed by atoms with Crippen molar-refractivity contribution in [3.05, 3.63) is 40.2 Å². The van der Waals surface area contributed by atoms with Crippen molar-refractivity contribution in [1.82, 2.24) is 9.97 Å². The van der Waals surface area contributed by atoms with Crippen LogP contribution in [0.1, 0.15) is 67.6 Å². The van der Waals surface area contributed by atoms with Gasteiger partial charge in [0.15, 0.2) is 5.13 Å². The van der Waals surface area contributed by atoms with Gasteiger partial charge in [-0.15, -0.1) is 22.7 Å². The van der Waals surface area contributed by atoms with Gasteiger partial charge in [0.25, 0.3) is 0 Å². The smallest absolute Gasteiger partial charge is 0.420 e. The van der Waals surface area contributed by atoms with Gasteiger partial charge < -0.3 is 14.8 Å². The highest BCUT2D eigenvalue weighted by atomic mass is 32.1. The molecule has 1 aromatic carbocycles. The van der Waals surface area contributed by atoms with Crippen molar-refractivity contribution in [1.29, 1.82) is 0 Å². The molecule has 0 radical (unpaired) electrons. The van der Waals surface area contributed by atoms with Crippen LogP contribution >= 0.6 is 22.7 Å². The number of rotatable bonds is 13. The molecule has 2 aromatic heterocycles. The van der Waals surface area contributed by atoms with E-state index in [1.54, 1.807) is 12.3 Å². The number of unbranched alkanes of at least 4 members (excludes halogenated alkanes) is 5. The molecule has 0 bridgehead atoms. The van der Waals surface area contributed by atoms with Gasteiger partial charge in [-0.3, -0.25) is 0 Å². The second-order valence-corrected chi connectivity index (χ2v) is 9.63. The number of benzene rings is 1. The Morgan fingerprint density at radius 2 is 1.89 bits per heavy atom. The topological polar surface area (TPSA) is 73.3 Å². The number of anilines is 2. The first-order chi connectivity index (χ1) is 16.8. The van der Waals surface area contributed by atoms with Crippen molar-refractivity contribution in [3.8, 4) is 16.5 Å². The van der Waals surface area contributed by atoms with Gasteiger partial charge in [-0.25, -0.2) is 14.8 Å². The number of aromatic nitrogens is 2. The summed E-state index contributed by atoms with van der Waals surface area (Å²) in [4.78, 5) is 20.8. The lowest BCUT2D eigenvalue weighted by Crippen LogP contribution is -2.10. The third kappa shape index (κ3) is 7.93. The first-order valence-electron chi connectivity index (χ1n) is 11.5. The van der Waals surface area contributed by atoms with E-state index in [4.69, 9.17) is 9.47 Å². The van der Waals surface area contributed by atoms with Crippen molar-refractivity contribution in [2.24, 2.45) is 0 Å².